The summed E-state index contributed by atoms with van der Waals surface area (Å²) in [6.07, 6.45) is 1.97. The van der Waals surface area contributed by atoms with Gasteiger partial charge in [-0.25, -0.2) is 9.98 Å². The van der Waals surface area contributed by atoms with Gasteiger partial charge < -0.3 is 10.3 Å². The Hall–Kier alpha value is -2.10. The number of fused-ring (bicyclic) bond motifs is 1. The van der Waals surface area contributed by atoms with Crippen molar-refractivity contribution in [1.29, 1.82) is 0 Å². The lowest BCUT2D eigenvalue weighted by Gasteiger charge is -2.01. The molecule has 1 aromatic carbocycles. The van der Waals surface area contributed by atoms with E-state index >= 15 is 0 Å². The minimum absolute atomic E-state index is 0.408. The number of aryl methyl sites for hydroxylation is 1. The highest BCUT2D eigenvalue weighted by Crippen LogP contribution is 2.49. The first-order valence-electron chi connectivity index (χ1n) is 7.05. The monoisotopic (exact) mass is 268 g/mol. The van der Waals surface area contributed by atoms with Crippen LogP contribution >= 0.6 is 0 Å². The fourth-order valence-electron chi connectivity index (χ4n) is 2.79. The van der Waals surface area contributed by atoms with Gasteiger partial charge in [0.15, 0.2) is 0 Å². The van der Waals surface area contributed by atoms with Crippen LogP contribution in [0.5, 0.6) is 0 Å². The molecule has 1 aliphatic carbocycles. The van der Waals surface area contributed by atoms with Crippen LogP contribution in [0, 0.1) is 0 Å². The molecule has 0 saturated heterocycles. The van der Waals surface area contributed by atoms with Crippen molar-refractivity contribution in [2.45, 2.75) is 32.6 Å². The lowest BCUT2D eigenvalue weighted by atomic mass is 10.2. The number of hydrogen-bond acceptors (Lipinski definition) is 2. The largest absolute Gasteiger partial charge is 0.387 e. The third-order valence-corrected chi connectivity index (χ3v) is 3.83. The number of aliphatic imine (C=N–C) groups is 1. The second-order valence-electron chi connectivity index (χ2n) is 5.35. The summed E-state index contributed by atoms with van der Waals surface area (Å²) in [7, 11) is 2.09. The second kappa shape index (κ2) is 4.78. The first kappa shape index (κ1) is 12.9. The van der Waals surface area contributed by atoms with Crippen LogP contribution in [0.2, 0.25) is 0 Å². The highest BCUT2D eigenvalue weighted by Gasteiger charge is 2.37. The Morgan fingerprint density at radius 3 is 2.85 bits per heavy atom. The van der Waals surface area contributed by atoms with Gasteiger partial charge in [-0.15, -0.1) is 0 Å². The van der Waals surface area contributed by atoms with E-state index in [0.717, 1.165) is 29.9 Å². The molecule has 20 heavy (non-hydrogen) atoms. The maximum atomic E-state index is 5.70. The molecule has 1 aromatic heterocycles. The topological polar surface area (TPSA) is 56.2 Å². The Kier molecular flexibility index (Phi) is 3.08. The highest BCUT2D eigenvalue weighted by molar-refractivity contribution is 5.79. The summed E-state index contributed by atoms with van der Waals surface area (Å²) in [6, 6.07) is 8.26. The Morgan fingerprint density at radius 2 is 2.20 bits per heavy atom. The molecule has 1 fully saturated rings. The first-order chi connectivity index (χ1) is 9.61. The molecule has 104 valence electrons. The van der Waals surface area contributed by atoms with E-state index in [1.807, 2.05) is 13.0 Å². The smallest absolute Gasteiger partial charge is 0.117 e. The van der Waals surface area contributed by atoms with E-state index in [1.54, 1.807) is 0 Å². The number of nitrogens with two attached hydrogens (primary N) is 1. The molecule has 1 atom stereocenters. The summed E-state index contributed by atoms with van der Waals surface area (Å²) in [6.45, 7) is 3.96. The van der Waals surface area contributed by atoms with Crippen LogP contribution < -0.4 is 5.73 Å². The van der Waals surface area contributed by atoms with Gasteiger partial charge in [0.05, 0.1) is 16.9 Å². The van der Waals surface area contributed by atoms with Crippen molar-refractivity contribution in [2.75, 3.05) is 0 Å². The van der Waals surface area contributed by atoms with E-state index < -0.39 is 0 Å². The van der Waals surface area contributed by atoms with E-state index in [0.29, 0.717) is 11.8 Å². The Morgan fingerprint density at radius 1 is 1.45 bits per heavy atom. The number of imidazole rings is 1. The van der Waals surface area contributed by atoms with Gasteiger partial charge in [0, 0.05) is 18.7 Å². The van der Waals surface area contributed by atoms with Crippen LogP contribution in [0.3, 0.4) is 0 Å². The third-order valence-electron chi connectivity index (χ3n) is 3.83. The minimum atomic E-state index is 0.408. The number of para-hydroxylation sites is 2. The lowest BCUT2D eigenvalue weighted by molar-refractivity contribution is 0.828. The Balaban J connectivity index is 2.01. The molecule has 3 rings (SSSR count). The van der Waals surface area contributed by atoms with Gasteiger partial charge in [0.2, 0.25) is 0 Å². The standard InChI is InChI=1S/C16H20N4/c1-4-13(18-10(2)17)11-9-12(11)16-19-14-7-5-6-8-15(14)20(16)3/h5-8,12H,4,9H2,1-3H3,(H2,17,18). The molecule has 2 N–H and O–H groups in total. The summed E-state index contributed by atoms with van der Waals surface area (Å²) in [4.78, 5) is 9.22. The summed E-state index contributed by atoms with van der Waals surface area (Å²) in [5.74, 6) is 2.17. The number of rotatable bonds is 3. The van der Waals surface area contributed by atoms with Gasteiger partial charge >= 0.3 is 0 Å². The van der Waals surface area contributed by atoms with Gasteiger partial charge in [0.25, 0.3) is 0 Å². The second-order valence-corrected chi connectivity index (χ2v) is 5.35. The predicted octanol–water partition coefficient (Wildman–Crippen LogP) is 3.10. The van der Waals surface area contributed by atoms with Crippen LogP contribution in [-0.2, 0) is 7.05 Å². The number of benzene rings is 1. The van der Waals surface area contributed by atoms with E-state index in [9.17, 15) is 0 Å². The van der Waals surface area contributed by atoms with Gasteiger partial charge in [0.1, 0.15) is 5.82 Å². The maximum absolute atomic E-state index is 5.70. The SMILES string of the molecule is CCC(N=C(C)N)=C1CC1c1nc2ccccc2n1C. The minimum Gasteiger partial charge on any atom is -0.387 e. The number of hydrogen-bond donors (Lipinski definition) is 1. The molecule has 0 amide bonds. The molecule has 2 aromatic rings. The van der Waals surface area contributed by atoms with Crippen LogP contribution in [0.25, 0.3) is 11.0 Å². The molecule has 1 unspecified atom stereocenters. The van der Waals surface area contributed by atoms with Gasteiger partial charge in [-0.3, -0.25) is 0 Å². The highest BCUT2D eigenvalue weighted by atomic mass is 15.1. The fourth-order valence-corrected chi connectivity index (χ4v) is 2.79. The zero-order valence-electron chi connectivity index (χ0n) is 12.2. The molecule has 0 radical (unpaired) electrons. The fraction of sp³-hybridized carbons (Fsp3) is 0.375. The number of aromatic nitrogens is 2. The maximum Gasteiger partial charge on any atom is 0.117 e. The van der Waals surface area contributed by atoms with Crippen molar-refractivity contribution >= 4 is 16.9 Å². The number of nitrogens with zero attached hydrogens (tertiary/aromatic N) is 3. The molecular formula is C16H20N4. The molecule has 4 heteroatoms. The average Bonchev–Trinajstić information content (AvgIpc) is 3.15. The zero-order valence-corrected chi connectivity index (χ0v) is 12.2. The summed E-state index contributed by atoms with van der Waals surface area (Å²) < 4.78 is 2.19. The van der Waals surface area contributed by atoms with Gasteiger partial charge in [-0.1, -0.05) is 19.1 Å². The summed E-state index contributed by atoms with van der Waals surface area (Å²) >= 11 is 0. The van der Waals surface area contributed by atoms with Crippen LogP contribution in [-0.4, -0.2) is 15.4 Å². The molecular weight excluding hydrogens is 248 g/mol. The molecule has 0 spiro atoms. The zero-order chi connectivity index (χ0) is 14.3. The predicted molar refractivity (Wildman–Crippen MR) is 82.7 cm³/mol. The molecule has 1 heterocycles. The van der Waals surface area contributed by atoms with Crippen LogP contribution in [0.1, 0.15) is 38.4 Å². The third kappa shape index (κ3) is 2.11. The first-order valence-corrected chi connectivity index (χ1v) is 7.05. The van der Waals surface area contributed by atoms with E-state index in [1.165, 1.54) is 11.1 Å². The van der Waals surface area contributed by atoms with Gasteiger partial charge in [-0.05, 0) is 37.5 Å². The summed E-state index contributed by atoms with van der Waals surface area (Å²) in [5.41, 5.74) is 10.5. The molecule has 4 nitrogen and oxygen atoms in total. The summed E-state index contributed by atoms with van der Waals surface area (Å²) in [5, 5.41) is 0. The van der Waals surface area contributed by atoms with E-state index in [4.69, 9.17) is 10.7 Å². The van der Waals surface area contributed by atoms with Crippen molar-refractivity contribution < 1.29 is 0 Å². The Bertz CT molecular complexity index is 717. The van der Waals surface area contributed by atoms with Crippen molar-refractivity contribution in [2.24, 2.45) is 17.8 Å². The van der Waals surface area contributed by atoms with Crippen molar-refractivity contribution in [3.8, 4) is 0 Å². The van der Waals surface area contributed by atoms with Crippen LogP contribution in [0.15, 0.2) is 40.5 Å². The normalized spacial score (nSPS) is 21.4. The molecule has 1 aliphatic rings. The molecule has 0 aliphatic heterocycles. The van der Waals surface area contributed by atoms with E-state index in [-0.39, 0.29) is 0 Å². The number of amidine groups is 1. The van der Waals surface area contributed by atoms with Gasteiger partial charge in [-0.2, -0.15) is 0 Å². The van der Waals surface area contributed by atoms with E-state index in [2.05, 4.69) is 41.7 Å². The van der Waals surface area contributed by atoms with Crippen molar-refractivity contribution in [3.05, 3.63) is 41.4 Å². The lowest BCUT2D eigenvalue weighted by Crippen LogP contribution is -2.05. The quantitative estimate of drug-likeness (QED) is 0.687. The Labute approximate surface area is 119 Å². The van der Waals surface area contributed by atoms with Crippen LogP contribution in [0.4, 0.5) is 0 Å². The average molecular weight is 268 g/mol. The molecule has 1 saturated carbocycles. The molecule has 0 bridgehead atoms. The van der Waals surface area contributed by atoms with Crippen molar-refractivity contribution in [1.82, 2.24) is 9.55 Å². The van der Waals surface area contributed by atoms with Crippen molar-refractivity contribution in [3.63, 3.8) is 0 Å². The number of allylic oxidation sites excluding steroid dienone is 2.